The van der Waals surface area contributed by atoms with Crippen molar-refractivity contribution in [1.82, 2.24) is 4.31 Å². The molecule has 1 aliphatic rings. The van der Waals surface area contributed by atoms with Gasteiger partial charge in [0.25, 0.3) is 0 Å². The summed E-state index contributed by atoms with van der Waals surface area (Å²) < 4.78 is 32.7. The Balaban J connectivity index is 2.10. The molecule has 21 heavy (non-hydrogen) atoms. The van der Waals surface area contributed by atoms with Gasteiger partial charge in [-0.1, -0.05) is 0 Å². The molecule has 0 unspecified atom stereocenters. The van der Waals surface area contributed by atoms with Gasteiger partial charge in [-0.3, -0.25) is 0 Å². The number of sulfonamides is 1. The molecule has 0 spiro atoms. The maximum absolute atomic E-state index is 12.6. The molecule has 1 fully saturated rings. The lowest BCUT2D eigenvalue weighted by Gasteiger charge is -2.31. The van der Waals surface area contributed by atoms with Crippen molar-refractivity contribution in [3.05, 3.63) is 22.7 Å². The Labute approximate surface area is 133 Å². The molecule has 1 aromatic carbocycles. The topological polar surface area (TPSA) is 92.9 Å². The first kappa shape index (κ1) is 16.7. The van der Waals surface area contributed by atoms with Crippen molar-refractivity contribution in [2.45, 2.75) is 23.8 Å². The number of aliphatic hydroxyl groups excluding tert-OH is 1. The van der Waals surface area contributed by atoms with Crippen molar-refractivity contribution in [3.8, 4) is 0 Å². The van der Waals surface area contributed by atoms with Crippen LogP contribution in [-0.2, 0) is 14.8 Å². The van der Waals surface area contributed by atoms with Crippen LogP contribution in [0.3, 0.4) is 0 Å². The standard InChI is InChI=1S/C13H19BrN2O4S/c14-12-2-1-10(15)9-13(12)21(18,19)16-5-3-11(4-6-16)20-8-7-17/h1-2,9,11,17H,3-8,15H2. The van der Waals surface area contributed by atoms with E-state index in [1.807, 2.05) is 0 Å². The molecule has 6 nitrogen and oxygen atoms in total. The molecule has 3 N–H and O–H groups in total. The predicted octanol–water partition coefficient (Wildman–Crippen LogP) is 1.19. The SMILES string of the molecule is Nc1ccc(Br)c(S(=O)(=O)N2CCC(OCCO)CC2)c1. The largest absolute Gasteiger partial charge is 0.399 e. The lowest BCUT2D eigenvalue weighted by atomic mass is 10.1. The van der Waals surface area contributed by atoms with Crippen LogP contribution in [0.4, 0.5) is 5.69 Å². The zero-order valence-corrected chi connectivity index (χ0v) is 13.9. The molecular formula is C13H19BrN2O4S. The van der Waals surface area contributed by atoms with Crippen molar-refractivity contribution in [2.75, 3.05) is 32.0 Å². The third kappa shape index (κ3) is 3.95. The number of hydrogen-bond donors (Lipinski definition) is 2. The zero-order chi connectivity index (χ0) is 15.5. The number of nitrogens with zero attached hydrogens (tertiary/aromatic N) is 1. The van der Waals surface area contributed by atoms with Crippen LogP contribution in [0, 0.1) is 0 Å². The van der Waals surface area contributed by atoms with Crippen LogP contribution in [0.5, 0.6) is 0 Å². The molecule has 1 heterocycles. The van der Waals surface area contributed by atoms with E-state index in [0.29, 0.717) is 36.1 Å². The Kier molecular flexibility index (Phi) is 5.61. The number of halogens is 1. The highest BCUT2D eigenvalue weighted by Gasteiger charge is 2.31. The summed E-state index contributed by atoms with van der Waals surface area (Å²) in [6, 6.07) is 4.76. The Morgan fingerprint density at radius 1 is 1.38 bits per heavy atom. The maximum atomic E-state index is 12.6. The summed E-state index contributed by atoms with van der Waals surface area (Å²) in [5.41, 5.74) is 6.10. The van der Waals surface area contributed by atoms with Gasteiger partial charge in [-0.25, -0.2) is 8.42 Å². The van der Waals surface area contributed by atoms with Gasteiger partial charge in [-0.05, 0) is 47.0 Å². The van der Waals surface area contributed by atoms with Crippen LogP contribution in [-0.4, -0.2) is 50.2 Å². The Hall–Kier alpha value is -0.670. The van der Waals surface area contributed by atoms with E-state index in [9.17, 15) is 8.42 Å². The molecule has 118 valence electrons. The first-order valence-electron chi connectivity index (χ1n) is 6.73. The van der Waals surface area contributed by atoms with Crippen LogP contribution in [0.2, 0.25) is 0 Å². The number of benzene rings is 1. The van der Waals surface area contributed by atoms with Gasteiger partial charge in [0.2, 0.25) is 10.0 Å². The highest BCUT2D eigenvalue weighted by molar-refractivity contribution is 9.10. The van der Waals surface area contributed by atoms with E-state index in [-0.39, 0.29) is 24.2 Å². The molecule has 1 aromatic rings. The lowest BCUT2D eigenvalue weighted by Crippen LogP contribution is -2.41. The number of nitrogen functional groups attached to an aromatic ring is 1. The average Bonchev–Trinajstić information content (AvgIpc) is 2.48. The van der Waals surface area contributed by atoms with E-state index in [1.165, 1.54) is 10.4 Å². The van der Waals surface area contributed by atoms with Gasteiger partial charge >= 0.3 is 0 Å². The van der Waals surface area contributed by atoms with E-state index in [1.54, 1.807) is 12.1 Å². The Morgan fingerprint density at radius 2 is 2.05 bits per heavy atom. The smallest absolute Gasteiger partial charge is 0.244 e. The van der Waals surface area contributed by atoms with Gasteiger partial charge in [-0.15, -0.1) is 0 Å². The second-order valence-electron chi connectivity index (χ2n) is 4.89. The molecule has 1 aliphatic heterocycles. The third-order valence-corrected chi connectivity index (χ3v) is 6.31. The number of piperidine rings is 1. The van der Waals surface area contributed by atoms with Crippen LogP contribution >= 0.6 is 15.9 Å². The van der Waals surface area contributed by atoms with Crippen LogP contribution in [0.25, 0.3) is 0 Å². The summed E-state index contributed by atoms with van der Waals surface area (Å²) in [6.45, 7) is 1.08. The van der Waals surface area contributed by atoms with Gasteiger partial charge in [0.15, 0.2) is 0 Å². The first-order chi connectivity index (χ1) is 9.95. The number of aliphatic hydroxyl groups is 1. The monoisotopic (exact) mass is 378 g/mol. The van der Waals surface area contributed by atoms with Gasteiger partial charge in [0.05, 0.1) is 24.2 Å². The van der Waals surface area contributed by atoms with Crippen molar-refractivity contribution < 1.29 is 18.3 Å². The fraction of sp³-hybridized carbons (Fsp3) is 0.538. The number of hydrogen-bond acceptors (Lipinski definition) is 5. The lowest BCUT2D eigenvalue weighted by molar-refractivity contribution is 0.00318. The summed E-state index contributed by atoms with van der Waals surface area (Å²) in [6.07, 6.45) is 1.26. The van der Waals surface area contributed by atoms with Crippen molar-refractivity contribution in [3.63, 3.8) is 0 Å². The minimum atomic E-state index is -3.56. The molecule has 0 aromatic heterocycles. The molecule has 8 heteroatoms. The molecule has 0 aliphatic carbocycles. The van der Waals surface area contributed by atoms with E-state index in [0.717, 1.165) is 0 Å². The normalized spacial score (nSPS) is 18.0. The van der Waals surface area contributed by atoms with Gasteiger partial charge in [-0.2, -0.15) is 4.31 Å². The quantitative estimate of drug-likeness (QED) is 0.750. The summed E-state index contributed by atoms with van der Waals surface area (Å²) in [5, 5.41) is 8.73. The molecule has 1 saturated heterocycles. The van der Waals surface area contributed by atoms with Crippen LogP contribution in [0.15, 0.2) is 27.6 Å². The Morgan fingerprint density at radius 3 is 2.67 bits per heavy atom. The van der Waals surface area contributed by atoms with E-state index in [4.69, 9.17) is 15.6 Å². The molecule has 0 amide bonds. The highest BCUT2D eigenvalue weighted by atomic mass is 79.9. The summed E-state index contributed by atoms with van der Waals surface area (Å²) in [7, 11) is -3.56. The Bertz CT molecular complexity index is 586. The second-order valence-corrected chi connectivity index (χ2v) is 7.65. The van der Waals surface area contributed by atoms with Gasteiger partial charge in [0.1, 0.15) is 0 Å². The van der Waals surface area contributed by atoms with Crippen molar-refractivity contribution in [1.29, 1.82) is 0 Å². The van der Waals surface area contributed by atoms with Crippen molar-refractivity contribution >= 4 is 31.6 Å². The maximum Gasteiger partial charge on any atom is 0.244 e. The first-order valence-corrected chi connectivity index (χ1v) is 8.96. The molecule has 0 bridgehead atoms. The zero-order valence-electron chi connectivity index (χ0n) is 11.5. The van der Waals surface area contributed by atoms with Crippen LogP contribution in [0.1, 0.15) is 12.8 Å². The third-order valence-electron chi connectivity index (χ3n) is 3.42. The number of anilines is 1. The molecular weight excluding hydrogens is 360 g/mol. The van der Waals surface area contributed by atoms with Crippen LogP contribution < -0.4 is 5.73 Å². The summed E-state index contributed by atoms with van der Waals surface area (Å²) >= 11 is 3.27. The fourth-order valence-corrected chi connectivity index (χ4v) is 4.74. The number of rotatable bonds is 5. The number of nitrogens with two attached hydrogens (primary N) is 1. The number of ether oxygens (including phenoxy) is 1. The van der Waals surface area contributed by atoms with E-state index in [2.05, 4.69) is 15.9 Å². The summed E-state index contributed by atoms with van der Waals surface area (Å²) in [4.78, 5) is 0.192. The average molecular weight is 379 g/mol. The van der Waals surface area contributed by atoms with Gasteiger partial charge in [0, 0.05) is 23.2 Å². The predicted molar refractivity (Wildman–Crippen MR) is 83.4 cm³/mol. The highest BCUT2D eigenvalue weighted by Crippen LogP contribution is 2.29. The second kappa shape index (κ2) is 7.06. The molecule has 0 saturated carbocycles. The van der Waals surface area contributed by atoms with E-state index < -0.39 is 10.0 Å². The molecule has 2 rings (SSSR count). The van der Waals surface area contributed by atoms with Crippen molar-refractivity contribution in [2.24, 2.45) is 0 Å². The fourth-order valence-electron chi connectivity index (χ4n) is 2.32. The minimum Gasteiger partial charge on any atom is -0.399 e. The van der Waals surface area contributed by atoms with Gasteiger partial charge < -0.3 is 15.6 Å². The summed E-state index contributed by atoms with van der Waals surface area (Å²) in [5.74, 6) is 0. The molecule has 0 radical (unpaired) electrons. The molecule has 0 atom stereocenters. The van der Waals surface area contributed by atoms with E-state index >= 15 is 0 Å². The minimum absolute atomic E-state index is 0.00730.